The van der Waals surface area contributed by atoms with Crippen molar-refractivity contribution in [2.75, 3.05) is 6.54 Å². The van der Waals surface area contributed by atoms with Crippen molar-refractivity contribution in [2.45, 2.75) is 31.7 Å². The van der Waals surface area contributed by atoms with Crippen LogP contribution in [0.3, 0.4) is 0 Å². The second kappa shape index (κ2) is 5.23. The van der Waals surface area contributed by atoms with E-state index >= 15 is 0 Å². The summed E-state index contributed by atoms with van der Waals surface area (Å²) in [5.74, 6) is 0.759. The van der Waals surface area contributed by atoms with Crippen LogP contribution in [-0.2, 0) is 6.54 Å². The molecule has 1 fully saturated rings. The molecule has 4 heteroatoms. The Morgan fingerprint density at radius 3 is 3.07 bits per heavy atom. The van der Waals surface area contributed by atoms with Crippen molar-refractivity contribution in [3.05, 3.63) is 27.1 Å². The zero-order valence-corrected chi connectivity index (χ0v) is 11.0. The average Bonchev–Trinajstić information content (AvgIpc) is 2.49. The number of hydrogen-bond donors (Lipinski definition) is 1. The summed E-state index contributed by atoms with van der Waals surface area (Å²) in [6, 6.07) is 0. The number of rotatable bonds is 5. The highest BCUT2D eigenvalue weighted by molar-refractivity contribution is 9.11. The fourth-order valence-corrected chi connectivity index (χ4v) is 2.82. The van der Waals surface area contributed by atoms with E-state index in [0.717, 1.165) is 23.5 Å². The number of halogens is 1. The van der Waals surface area contributed by atoms with Crippen LogP contribution < -0.4 is 5.32 Å². The SMILES string of the molecule is C=C(Br)CNCc1cnc(C2CCC2)s1. The Hall–Kier alpha value is -0.190. The molecule has 0 atom stereocenters. The minimum absolute atomic E-state index is 0.759. The quantitative estimate of drug-likeness (QED) is 0.897. The molecular weight excluding hydrogens is 272 g/mol. The third-order valence-corrected chi connectivity index (χ3v) is 4.08. The summed E-state index contributed by atoms with van der Waals surface area (Å²) in [6.45, 7) is 5.50. The van der Waals surface area contributed by atoms with Gasteiger partial charge in [-0.15, -0.1) is 11.3 Å². The van der Waals surface area contributed by atoms with Crippen LogP contribution in [0.1, 0.15) is 35.1 Å². The smallest absolute Gasteiger partial charge is 0.0959 e. The van der Waals surface area contributed by atoms with Gasteiger partial charge in [0.1, 0.15) is 0 Å². The topological polar surface area (TPSA) is 24.9 Å². The molecule has 1 aliphatic carbocycles. The third kappa shape index (κ3) is 3.13. The van der Waals surface area contributed by atoms with Crippen molar-refractivity contribution in [3.63, 3.8) is 0 Å². The summed E-state index contributed by atoms with van der Waals surface area (Å²) < 4.78 is 0.992. The van der Waals surface area contributed by atoms with Crippen LogP contribution in [0.5, 0.6) is 0 Å². The molecule has 1 aromatic rings. The summed E-state index contributed by atoms with van der Waals surface area (Å²) in [5, 5.41) is 4.64. The fraction of sp³-hybridized carbons (Fsp3) is 0.545. The van der Waals surface area contributed by atoms with E-state index in [1.165, 1.54) is 29.1 Å². The van der Waals surface area contributed by atoms with E-state index in [0.29, 0.717) is 0 Å². The van der Waals surface area contributed by atoms with E-state index in [-0.39, 0.29) is 0 Å². The first kappa shape index (κ1) is 11.3. The van der Waals surface area contributed by atoms with Gasteiger partial charge in [0.25, 0.3) is 0 Å². The molecule has 0 unspecified atom stereocenters. The molecule has 0 saturated heterocycles. The van der Waals surface area contributed by atoms with E-state index in [9.17, 15) is 0 Å². The molecule has 0 spiro atoms. The van der Waals surface area contributed by atoms with Crippen molar-refractivity contribution in [1.82, 2.24) is 10.3 Å². The van der Waals surface area contributed by atoms with Crippen LogP contribution in [0.2, 0.25) is 0 Å². The molecule has 0 aliphatic heterocycles. The molecule has 15 heavy (non-hydrogen) atoms. The molecule has 1 saturated carbocycles. The monoisotopic (exact) mass is 286 g/mol. The molecular formula is C11H15BrN2S. The van der Waals surface area contributed by atoms with Gasteiger partial charge in [-0.05, 0) is 12.8 Å². The molecule has 0 bridgehead atoms. The highest BCUT2D eigenvalue weighted by atomic mass is 79.9. The van der Waals surface area contributed by atoms with Crippen LogP contribution in [0.4, 0.5) is 0 Å². The number of nitrogens with one attached hydrogen (secondary N) is 1. The van der Waals surface area contributed by atoms with E-state index < -0.39 is 0 Å². The van der Waals surface area contributed by atoms with Gasteiger partial charge in [0, 0.05) is 34.6 Å². The lowest BCUT2D eigenvalue weighted by atomic mass is 9.86. The van der Waals surface area contributed by atoms with E-state index in [2.05, 4.69) is 32.8 Å². The molecule has 1 heterocycles. The Balaban J connectivity index is 1.81. The largest absolute Gasteiger partial charge is 0.307 e. The predicted molar refractivity (Wildman–Crippen MR) is 68.5 cm³/mol. The highest BCUT2D eigenvalue weighted by Gasteiger charge is 2.22. The Morgan fingerprint density at radius 1 is 1.67 bits per heavy atom. The molecule has 1 aromatic heterocycles. The maximum atomic E-state index is 4.48. The molecule has 1 N–H and O–H groups in total. The molecule has 0 amide bonds. The van der Waals surface area contributed by atoms with Gasteiger partial charge in [-0.2, -0.15) is 0 Å². The molecule has 1 aliphatic rings. The maximum Gasteiger partial charge on any atom is 0.0959 e. The van der Waals surface area contributed by atoms with Crippen molar-refractivity contribution >= 4 is 27.3 Å². The van der Waals surface area contributed by atoms with Crippen molar-refractivity contribution in [2.24, 2.45) is 0 Å². The summed E-state index contributed by atoms with van der Waals surface area (Å²) in [5.41, 5.74) is 0. The lowest BCUT2D eigenvalue weighted by Gasteiger charge is -2.22. The highest BCUT2D eigenvalue weighted by Crippen LogP contribution is 2.38. The third-order valence-electron chi connectivity index (χ3n) is 2.64. The standard InChI is InChI=1S/C11H15BrN2S/c1-8(12)5-13-6-10-7-14-11(15-10)9-3-2-4-9/h7,9,13H,1-6H2. The Morgan fingerprint density at radius 2 is 2.47 bits per heavy atom. The first-order chi connectivity index (χ1) is 7.25. The van der Waals surface area contributed by atoms with Crippen LogP contribution in [-0.4, -0.2) is 11.5 Å². The van der Waals surface area contributed by atoms with Crippen molar-refractivity contribution in [3.8, 4) is 0 Å². The predicted octanol–water partition coefficient (Wildman–Crippen LogP) is 3.41. The minimum Gasteiger partial charge on any atom is -0.307 e. The molecule has 0 radical (unpaired) electrons. The molecule has 2 nitrogen and oxygen atoms in total. The lowest BCUT2D eigenvalue weighted by Crippen LogP contribution is -2.13. The molecule has 0 aromatic carbocycles. The van der Waals surface area contributed by atoms with Crippen LogP contribution in [0.25, 0.3) is 0 Å². The van der Waals surface area contributed by atoms with E-state index in [1.807, 2.05) is 17.5 Å². The normalized spacial score (nSPS) is 16.3. The van der Waals surface area contributed by atoms with Gasteiger partial charge in [-0.25, -0.2) is 4.98 Å². The maximum absolute atomic E-state index is 4.48. The zero-order valence-electron chi connectivity index (χ0n) is 8.63. The number of aromatic nitrogens is 1. The van der Waals surface area contributed by atoms with E-state index in [4.69, 9.17) is 0 Å². The zero-order chi connectivity index (χ0) is 10.7. The second-order valence-electron chi connectivity index (χ2n) is 3.91. The van der Waals surface area contributed by atoms with Gasteiger partial charge in [-0.3, -0.25) is 0 Å². The number of thiazole rings is 1. The van der Waals surface area contributed by atoms with Crippen molar-refractivity contribution in [1.29, 1.82) is 0 Å². The van der Waals surface area contributed by atoms with Crippen LogP contribution in [0, 0.1) is 0 Å². The summed E-state index contributed by atoms with van der Waals surface area (Å²) in [6.07, 6.45) is 6.04. The summed E-state index contributed by atoms with van der Waals surface area (Å²) in [7, 11) is 0. The minimum atomic E-state index is 0.759. The van der Waals surface area contributed by atoms with Gasteiger partial charge in [0.05, 0.1) is 5.01 Å². The lowest BCUT2D eigenvalue weighted by molar-refractivity contribution is 0.418. The first-order valence-corrected chi connectivity index (χ1v) is 6.85. The second-order valence-corrected chi connectivity index (χ2v) is 6.18. The fourth-order valence-electron chi connectivity index (χ4n) is 1.57. The van der Waals surface area contributed by atoms with Gasteiger partial charge in [-0.1, -0.05) is 28.9 Å². The van der Waals surface area contributed by atoms with Gasteiger partial charge in [0.2, 0.25) is 0 Å². The number of hydrogen-bond acceptors (Lipinski definition) is 3. The average molecular weight is 287 g/mol. The number of nitrogens with zero attached hydrogens (tertiary/aromatic N) is 1. The van der Waals surface area contributed by atoms with E-state index in [1.54, 1.807) is 0 Å². The Kier molecular flexibility index (Phi) is 3.94. The van der Waals surface area contributed by atoms with Gasteiger partial charge >= 0.3 is 0 Å². The van der Waals surface area contributed by atoms with Gasteiger partial charge < -0.3 is 5.32 Å². The van der Waals surface area contributed by atoms with Gasteiger partial charge in [0.15, 0.2) is 0 Å². The molecule has 82 valence electrons. The van der Waals surface area contributed by atoms with Crippen LogP contribution in [0.15, 0.2) is 17.3 Å². The van der Waals surface area contributed by atoms with Crippen molar-refractivity contribution < 1.29 is 0 Å². The summed E-state index contributed by atoms with van der Waals surface area (Å²) in [4.78, 5) is 5.81. The molecule has 2 rings (SSSR count). The van der Waals surface area contributed by atoms with Crippen LogP contribution >= 0.6 is 27.3 Å². The Labute approximate surface area is 103 Å². The summed E-state index contributed by atoms with van der Waals surface area (Å²) >= 11 is 5.18. The Bertz CT molecular complexity index is 344. The first-order valence-electron chi connectivity index (χ1n) is 5.24.